The number of cyclic esters (lactones) is 1. The second-order valence-electron chi connectivity index (χ2n) is 6.83. The normalized spacial score (nSPS) is 19.0. The molecule has 0 bridgehead atoms. The Kier molecular flexibility index (Phi) is 5.03. The lowest BCUT2D eigenvalue weighted by molar-refractivity contribution is -0.143. The molecule has 3 heteroatoms. The van der Waals surface area contributed by atoms with Gasteiger partial charge in [0.1, 0.15) is 0 Å². The van der Waals surface area contributed by atoms with Crippen LogP contribution in [0.4, 0.5) is 0 Å². The summed E-state index contributed by atoms with van der Waals surface area (Å²) < 4.78 is 5.73. The van der Waals surface area contributed by atoms with Crippen molar-refractivity contribution < 1.29 is 9.53 Å². The maximum atomic E-state index is 13.1. The van der Waals surface area contributed by atoms with Crippen LogP contribution in [0.25, 0.3) is 5.76 Å². The van der Waals surface area contributed by atoms with Crippen LogP contribution in [0.2, 0.25) is 0 Å². The molecule has 0 radical (unpaired) electrons. The quantitative estimate of drug-likeness (QED) is 0.603. The van der Waals surface area contributed by atoms with Crippen molar-refractivity contribution in [2.45, 2.75) is 12.3 Å². The van der Waals surface area contributed by atoms with Gasteiger partial charge in [0.2, 0.25) is 0 Å². The van der Waals surface area contributed by atoms with Crippen molar-refractivity contribution in [2.75, 3.05) is 0 Å². The SMILES string of the molecule is N#CC1=C(c2ccccc2)OC(=O)C(Cc2ccccc2)C1c1ccccc1. The average Bonchev–Trinajstić information content (AvgIpc) is 2.76. The van der Waals surface area contributed by atoms with Gasteiger partial charge in [-0.2, -0.15) is 5.26 Å². The van der Waals surface area contributed by atoms with Crippen LogP contribution in [0.15, 0.2) is 96.6 Å². The molecule has 4 rings (SSSR count). The van der Waals surface area contributed by atoms with Gasteiger partial charge in [0, 0.05) is 11.5 Å². The van der Waals surface area contributed by atoms with E-state index in [9.17, 15) is 10.1 Å². The first-order valence-electron chi connectivity index (χ1n) is 9.28. The Morgan fingerprint density at radius 3 is 2.00 bits per heavy atom. The van der Waals surface area contributed by atoms with E-state index < -0.39 is 5.92 Å². The fraction of sp³-hybridized carbons (Fsp3) is 0.120. The molecule has 0 saturated carbocycles. The number of nitrogens with zero attached hydrogens (tertiary/aromatic N) is 1. The highest BCUT2D eigenvalue weighted by molar-refractivity contribution is 5.87. The van der Waals surface area contributed by atoms with E-state index in [2.05, 4.69) is 6.07 Å². The van der Waals surface area contributed by atoms with Gasteiger partial charge in [-0.3, -0.25) is 4.79 Å². The summed E-state index contributed by atoms with van der Waals surface area (Å²) in [5.74, 6) is -0.725. The molecule has 1 aliphatic heterocycles. The number of ether oxygens (including phenoxy) is 1. The van der Waals surface area contributed by atoms with Gasteiger partial charge in [0.05, 0.1) is 17.6 Å². The lowest BCUT2D eigenvalue weighted by Gasteiger charge is -2.32. The third-order valence-electron chi connectivity index (χ3n) is 5.08. The summed E-state index contributed by atoms with van der Waals surface area (Å²) in [7, 11) is 0. The highest BCUT2D eigenvalue weighted by Gasteiger charge is 2.41. The highest BCUT2D eigenvalue weighted by atomic mass is 16.5. The number of nitriles is 1. The van der Waals surface area contributed by atoms with Crippen LogP contribution in [0, 0.1) is 17.2 Å². The monoisotopic (exact) mass is 365 g/mol. The lowest BCUT2D eigenvalue weighted by Crippen LogP contribution is -2.32. The van der Waals surface area contributed by atoms with Gasteiger partial charge in [-0.25, -0.2) is 0 Å². The zero-order valence-corrected chi connectivity index (χ0v) is 15.3. The molecule has 3 aromatic carbocycles. The largest absolute Gasteiger partial charge is 0.425 e. The van der Waals surface area contributed by atoms with Gasteiger partial charge >= 0.3 is 5.97 Å². The number of carbonyl (C=O) groups is 1. The van der Waals surface area contributed by atoms with Crippen molar-refractivity contribution in [3.05, 3.63) is 113 Å². The fourth-order valence-electron chi connectivity index (χ4n) is 3.76. The van der Waals surface area contributed by atoms with E-state index in [-0.39, 0.29) is 11.9 Å². The molecule has 0 N–H and O–H groups in total. The van der Waals surface area contributed by atoms with Gasteiger partial charge in [-0.05, 0) is 17.5 Å². The first-order valence-corrected chi connectivity index (χ1v) is 9.28. The van der Waals surface area contributed by atoms with Gasteiger partial charge in [-0.1, -0.05) is 91.0 Å². The van der Waals surface area contributed by atoms with Gasteiger partial charge in [0.15, 0.2) is 5.76 Å². The molecule has 3 nitrogen and oxygen atoms in total. The number of esters is 1. The van der Waals surface area contributed by atoms with Crippen molar-refractivity contribution in [3.8, 4) is 6.07 Å². The third-order valence-corrected chi connectivity index (χ3v) is 5.08. The Balaban J connectivity index is 1.85. The van der Waals surface area contributed by atoms with Crippen LogP contribution in [0.5, 0.6) is 0 Å². The minimum absolute atomic E-state index is 0.296. The molecule has 0 saturated heterocycles. The van der Waals surface area contributed by atoms with Crippen molar-refractivity contribution in [1.82, 2.24) is 0 Å². The van der Waals surface area contributed by atoms with E-state index in [1.165, 1.54) is 0 Å². The molecular formula is C25H19NO2. The van der Waals surface area contributed by atoms with Crippen LogP contribution in [-0.4, -0.2) is 5.97 Å². The Bertz CT molecular complexity index is 1030. The standard InChI is InChI=1S/C25H19NO2/c26-17-22-23(19-12-6-2-7-13-19)21(16-18-10-4-1-5-11-18)25(27)28-24(22)20-14-8-3-9-15-20/h1-15,21,23H,16H2. The molecule has 136 valence electrons. The van der Waals surface area contributed by atoms with Crippen molar-refractivity contribution in [1.29, 1.82) is 5.26 Å². The molecule has 0 aromatic heterocycles. The van der Waals surface area contributed by atoms with E-state index in [4.69, 9.17) is 4.74 Å². The summed E-state index contributed by atoms with van der Waals surface area (Å²) in [5, 5.41) is 10.0. The maximum absolute atomic E-state index is 13.1. The van der Waals surface area contributed by atoms with E-state index in [1.807, 2.05) is 91.0 Å². The molecule has 28 heavy (non-hydrogen) atoms. The van der Waals surface area contributed by atoms with Crippen LogP contribution in [0.1, 0.15) is 22.6 Å². The van der Waals surface area contributed by atoms with Crippen molar-refractivity contribution >= 4 is 11.7 Å². The Hall–Kier alpha value is -3.64. The summed E-state index contributed by atoms with van der Waals surface area (Å²) in [5.41, 5.74) is 3.24. The molecule has 0 spiro atoms. The average molecular weight is 365 g/mol. The predicted octanol–water partition coefficient (Wildman–Crippen LogP) is 5.12. The third kappa shape index (κ3) is 3.45. The topological polar surface area (TPSA) is 50.1 Å². The van der Waals surface area contributed by atoms with Crippen LogP contribution in [-0.2, 0) is 16.0 Å². The molecule has 0 fully saturated rings. The van der Waals surface area contributed by atoms with Crippen molar-refractivity contribution in [2.24, 2.45) is 5.92 Å². The van der Waals surface area contributed by atoms with E-state index >= 15 is 0 Å². The Labute approximate surface area is 164 Å². The maximum Gasteiger partial charge on any atom is 0.315 e. The molecule has 3 aromatic rings. The zero-order chi connectivity index (χ0) is 19.3. The van der Waals surface area contributed by atoms with Crippen molar-refractivity contribution in [3.63, 3.8) is 0 Å². The smallest absolute Gasteiger partial charge is 0.315 e. The fourth-order valence-corrected chi connectivity index (χ4v) is 3.76. The van der Waals surface area contributed by atoms with Crippen LogP contribution < -0.4 is 0 Å². The van der Waals surface area contributed by atoms with E-state index in [1.54, 1.807) is 0 Å². The highest BCUT2D eigenvalue weighted by Crippen LogP contribution is 2.43. The van der Waals surface area contributed by atoms with Crippen LogP contribution in [0.3, 0.4) is 0 Å². The van der Waals surface area contributed by atoms with Gasteiger partial charge in [-0.15, -0.1) is 0 Å². The minimum Gasteiger partial charge on any atom is -0.425 e. The molecule has 1 aliphatic rings. The number of carbonyl (C=O) groups excluding carboxylic acids is 1. The van der Waals surface area contributed by atoms with Gasteiger partial charge < -0.3 is 4.74 Å². The first-order chi connectivity index (χ1) is 13.8. The number of hydrogen-bond donors (Lipinski definition) is 0. The van der Waals surface area contributed by atoms with E-state index in [0.29, 0.717) is 17.8 Å². The second kappa shape index (κ2) is 7.94. The number of rotatable bonds is 4. The predicted molar refractivity (Wildman–Crippen MR) is 108 cm³/mol. The summed E-state index contributed by atoms with van der Waals surface area (Å²) in [6.07, 6.45) is 0.520. The number of hydrogen-bond acceptors (Lipinski definition) is 3. The minimum atomic E-state index is -0.452. The van der Waals surface area contributed by atoms with Gasteiger partial charge in [0.25, 0.3) is 0 Å². The molecule has 0 aliphatic carbocycles. The van der Waals surface area contributed by atoms with Crippen LogP contribution >= 0.6 is 0 Å². The Morgan fingerprint density at radius 1 is 0.821 bits per heavy atom. The number of benzene rings is 3. The Morgan fingerprint density at radius 2 is 1.39 bits per heavy atom. The first kappa shape index (κ1) is 17.8. The molecule has 1 heterocycles. The second-order valence-corrected chi connectivity index (χ2v) is 6.83. The molecule has 2 unspecified atom stereocenters. The zero-order valence-electron chi connectivity index (χ0n) is 15.3. The molecular weight excluding hydrogens is 346 g/mol. The summed E-state index contributed by atoms with van der Waals surface area (Å²) in [6, 6.07) is 31.3. The molecule has 2 atom stereocenters. The lowest BCUT2D eigenvalue weighted by atomic mass is 9.75. The van der Waals surface area contributed by atoms with E-state index in [0.717, 1.165) is 16.7 Å². The summed E-state index contributed by atoms with van der Waals surface area (Å²) in [6.45, 7) is 0. The summed E-state index contributed by atoms with van der Waals surface area (Å²) in [4.78, 5) is 13.1. The summed E-state index contributed by atoms with van der Waals surface area (Å²) >= 11 is 0. The number of allylic oxidation sites excluding steroid dienone is 1. The molecule has 0 amide bonds.